The maximum atomic E-state index is 5.26. The van der Waals surface area contributed by atoms with Crippen LogP contribution in [-0.2, 0) is 4.74 Å². The molecule has 1 fully saturated rings. The van der Waals surface area contributed by atoms with E-state index in [9.17, 15) is 0 Å². The first-order valence-corrected chi connectivity index (χ1v) is 2.99. The summed E-state index contributed by atoms with van der Waals surface area (Å²) in [4.78, 5) is 0. The molecular weight excluding hydrogens is 102 g/mol. The summed E-state index contributed by atoms with van der Waals surface area (Å²) in [5.74, 6) is 0. The molecule has 2 heteroatoms. The van der Waals surface area contributed by atoms with Crippen molar-refractivity contribution in [3.8, 4) is 0 Å². The lowest BCUT2D eigenvalue weighted by molar-refractivity contribution is 0.113. The van der Waals surface area contributed by atoms with Crippen LogP contribution in [0.3, 0.4) is 0 Å². The maximum absolute atomic E-state index is 5.26. The lowest BCUT2D eigenvalue weighted by Crippen LogP contribution is -2.37. The molecule has 1 N–H and O–H groups in total. The fourth-order valence-corrected chi connectivity index (χ4v) is 0.967. The Kier molecular flexibility index (Phi) is 1.29. The molecule has 1 atom stereocenters. The maximum Gasteiger partial charge on any atom is 0.105 e. The van der Waals surface area contributed by atoms with Gasteiger partial charge in [-0.1, -0.05) is 0 Å². The Bertz CT molecular complexity index is 90.5. The van der Waals surface area contributed by atoms with Crippen LogP contribution >= 0.6 is 0 Å². The van der Waals surface area contributed by atoms with Gasteiger partial charge in [0.05, 0.1) is 6.61 Å². The monoisotopic (exact) mass is 115 g/mol. The normalized spacial score (nSPS) is 35.6. The van der Waals surface area contributed by atoms with E-state index in [0.717, 1.165) is 6.61 Å². The Morgan fingerprint density at radius 2 is 2.25 bits per heavy atom. The van der Waals surface area contributed by atoms with Gasteiger partial charge in [-0.15, -0.1) is 0 Å². The van der Waals surface area contributed by atoms with Crippen molar-refractivity contribution in [3.05, 3.63) is 0 Å². The summed E-state index contributed by atoms with van der Waals surface area (Å²) in [5.41, 5.74) is 0.194. The van der Waals surface area contributed by atoms with E-state index in [-0.39, 0.29) is 11.8 Å². The molecule has 1 rings (SSSR count). The molecule has 0 aliphatic carbocycles. The van der Waals surface area contributed by atoms with Crippen molar-refractivity contribution in [2.75, 3.05) is 6.61 Å². The van der Waals surface area contributed by atoms with Gasteiger partial charge in [0.15, 0.2) is 0 Å². The van der Waals surface area contributed by atoms with Crippen molar-refractivity contribution in [1.29, 1.82) is 0 Å². The third kappa shape index (κ3) is 1.20. The molecule has 2 nitrogen and oxygen atoms in total. The molecule has 0 aromatic carbocycles. The molecule has 48 valence electrons. The summed E-state index contributed by atoms with van der Waals surface area (Å²) < 4.78 is 5.26. The fourth-order valence-electron chi connectivity index (χ4n) is 0.967. The third-order valence-electron chi connectivity index (χ3n) is 1.29. The zero-order valence-electron chi connectivity index (χ0n) is 5.69. The zero-order chi connectivity index (χ0) is 6.20. The molecule has 1 aliphatic heterocycles. The van der Waals surface area contributed by atoms with Crippen LogP contribution in [-0.4, -0.2) is 18.4 Å². The van der Waals surface area contributed by atoms with Crippen LogP contribution in [0.25, 0.3) is 0 Å². The number of nitrogens with one attached hydrogen (secondary N) is 1. The Hall–Kier alpha value is -0.0800. The minimum Gasteiger partial charge on any atom is -0.362 e. The van der Waals surface area contributed by atoms with Crippen LogP contribution in [0.1, 0.15) is 20.8 Å². The van der Waals surface area contributed by atoms with Gasteiger partial charge >= 0.3 is 0 Å². The highest BCUT2D eigenvalue weighted by Crippen LogP contribution is 2.12. The van der Waals surface area contributed by atoms with E-state index in [1.54, 1.807) is 0 Å². The fraction of sp³-hybridized carbons (Fsp3) is 1.00. The van der Waals surface area contributed by atoms with Crippen LogP contribution in [0.15, 0.2) is 0 Å². The Morgan fingerprint density at radius 1 is 1.62 bits per heavy atom. The second kappa shape index (κ2) is 1.71. The summed E-state index contributed by atoms with van der Waals surface area (Å²) in [6.07, 6.45) is 0.241. The number of rotatable bonds is 0. The first-order chi connectivity index (χ1) is 3.60. The molecule has 0 bridgehead atoms. The topological polar surface area (TPSA) is 21.3 Å². The van der Waals surface area contributed by atoms with Gasteiger partial charge in [-0.3, -0.25) is 5.32 Å². The molecule has 0 spiro atoms. The quantitative estimate of drug-likeness (QED) is 0.502. The van der Waals surface area contributed by atoms with E-state index < -0.39 is 0 Å². The molecule has 1 unspecified atom stereocenters. The smallest absolute Gasteiger partial charge is 0.105 e. The van der Waals surface area contributed by atoms with E-state index >= 15 is 0 Å². The molecule has 1 saturated heterocycles. The molecule has 0 aromatic heterocycles. The van der Waals surface area contributed by atoms with Crippen molar-refractivity contribution in [1.82, 2.24) is 5.32 Å². The number of hydrogen-bond acceptors (Lipinski definition) is 2. The minimum absolute atomic E-state index is 0.194. The standard InChI is InChI=1S/C6H13NO/c1-5-7-6(2,3)4-8-5/h5,7H,4H2,1-3H3. The van der Waals surface area contributed by atoms with Gasteiger partial charge in [0.2, 0.25) is 0 Å². The van der Waals surface area contributed by atoms with Gasteiger partial charge in [-0.2, -0.15) is 0 Å². The molecule has 8 heavy (non-hydrogen) atoms. The van der Waals surface area contributed by atoms with Crippen LogP contribution in [0.2, 0.25) is 0 Å². The second-order valence-electron chi connectivity index (χ2n) is 2.98. The van der Waals surface area contributed by atoms with E-state index in [0.29, 0.717) is 0 Å². The summed E-state index contributed by atoms with van der Waals surface area (Å²) in [7, 11) is 0. The predicted molar refractivity (Wildman–Crippen MR) is 32.6 cm³/mol. The van der Waals surface area contributed by atoms with Crippen molar-refractivity contribution in [3.63, 3.8) is 0 Å². The van der Waals surface area contributed by atoms with Gasteiger partial charge in [-0.05, 0) is 20.8 Å². The van der Waals surface area contributed by atoms with Crippen molar-refractivity contribution >= 4 is 0 Å². The number of hydrogen-bond donors (Lipinski definition) is 1. The molecule has 0 aromatic rings. The van der Waals surface area contributed by atoms with Gasteiger partial charge in [0.25, 0.3) is 0 Å². The molecule has 0 radical (unpaired) electrons. The summed E-state index contributed by atoms with van der Waals surface area (Å²) in [6.45, 7) is 7.12. The highest BCUT2D eigenvalue weighted by Gasteiger charge is 2.27. The van der Waals surface area contributed by atoms with E-state index in [2.05, 4.69) is 19.2 Å². The second-order valence-corrected chi connectivity index (χ2v) is 2.98. The Labute approximate surface area is 50.2 Å². The molecular formula is C6H13NO. The average molecular weight is 115 g/mol. The lowest BCUT2D eigenvalue weighted by Gasteiger charge is -2.14. The largest absolute Gasteiger partial charge is 0.362 e. The highest BCUT2D eigenvalue weighted by molar-refractivity contribution is 4.82. The minimum atomic E-state index is 0.194. The summed E-state index contributed by atoms with van der Waals surface area (Å²) in [6, 6.07) is 0. The van der Waals surface area contributed by atoms with Crippen LogP contribution in [0, 0.1) is 0 Å². The molecule has 0 saturated carbocycles. The summed E-state index contributed by atoms with van der Waals surface area (Å²) in [5, 5.41) is 3.27. The van der Waals surface area contributed by atoms with Crippen LogP contribution in [0.4, 0.5) is 0 Å². The highest BCUT2D eigenvalue weighted by atomic mass is 16.5. The van der Waals surface area contributed by atoms with E-state index in [4.69, 9.17) is 4.74 Å². The molecule has 1 aliphatic rings. The third-order valence-corrected chi connectivity index (χ3v) is 1.29. The van der Waals surface area contributed by atoms with Crippen LogP contribution in [0.5, 0.6) is 0 Å². The summed E-state index contributed by atoms with van der Waals surface area (Å²) >= 11 is 0. The Balaban J connectivity index is 2.44. The van der Waals surface area contributed by atoms with Crippen molar-refractivity contribution < 1.29 is 4.74 Å². The molecule has 1 heterocycles. The van der Waals surface area contributed by atoms with Crippen LogP contribution < -0.4 is 5.32 Å². The van der Waals surface area contributed by atoms with E-state index in [1.165, 1.54) is 0 Å². The van der Waals surface area contributed by atoms with Gasteiger partial charge < -0.3 is 4.74 Å². The Morgan fingerprint density at radius 3 is 2.38 bits per heavy atom. The predicted octanol–water partition coefficient (Wildman–Crippen LogP) is 0.731. The first kappa shape index (κ1) is 6.05. The van der Waals surface area contributed by atoms with Gasteiger partial charge in [0.1, 0.15) is 6.23 Å². The van der Waals surface area contributed by atoms with Crippen molar-refractivity contribution in [2.45, 2.75) is 32.5 Å². The van der Waals surface area contributed by atoms with E-state index in [1.807, 2.05) is 6.92 Å². The van der Waals surface area contributed by atoms with Gasteiger partial charge in [-0.25, -0.2) is 0 Å². The first-order valence-electron chi connectivity index (χ1n) is 2.99. The molecule has 0 amide bonds. The zero-order valence-corrected chi connectivity index (χ0v) is 5.69. The van der Waals surface area contributed by atoms with Crippen molar-refractivity contribution in [2.24, 2.45) is 0 Å². The number of ether oxygens (including phenoxy) is 1. The lowest BCUT2D eigenvalue weighted by atomic mass is 10.1. The average Bonchev–Trinajstić information content (AvgIpc) is 1.82. The van der Waals surface area contributed by atoms with Gasteiger partial charge in [0, 0.05) is 5.54 Å². The SMILES string of the molecule is CC1NC(C)(C)CO1.